The van der Waals surface area contributed by atoms with Crippen LogP contribution in [0.1, 0.15) is 18.5 Å². The highest BCUT2D eigenvalue weighted by Gasteiger charge is 2.07. The number of hydrogen-bond donors (Lipinski definition) is 1. The summed E-state index contributed by atoms with van der Waals surface area (Å²) in [7, 11) is 1.65. The van der Waals surface area contributed by atoms with Crippen molar-refractivity contribution in [3.05, 3.63) is 59.1 Å². The molecule has 2 aromatic carbocycles. The molecule has 0 aliphatic heterocycles. The first-order chi connectivity index (χ1) is 10.2. The maximum Gasteiger partial charge on any atom is 0.119 e. The van der Waals surface area contributed by atoms with Crippen molar-refractivity contribution in [1.29, 1.82) is 0 Å². The lowest BCUT2D eigenvalue weighted by atomic mass is 10.1. The second-order valence-electron chi connectivity index (χ2n) is 4.72. The van der Waals surface area contributed by atoms with Gasteiger partial charge in [0.1, 0.15) is 18.1 Å². The largest absolute Gasteiger partial charge is 0.497 e. The van der Waals surface area contributed by atoms with Crippen LogP contribution in [0.2, 0.25) is 5.02 Å². The van der Waals surface area contributed by atoms with Crippen LogP contribution in [0.5, 0.6) is 11.5 Å². The molecule has 0 spiro atoms. The molecule has 1 unspecified atom stereocenters. The van der Waals surface area contributed by atoms with E-state index < -0.39 is 0 Å². The van der Waals surface area contributed by atoms with Crippen molar-refractivity contribution < 1.29 is 9.47 Å². The van der Waals surface area contributed by atoms with E-state index in [1.54, 1.807) is 7.11 Å². The quantitative estimate of drug-likeness (QED) is 0.782. The minimum Gasteiger partial charge on any atom is -0.497 e. The molecule has 0 saturated carbocycles. The molecule has 21 heavy (non-hydrogen) atoms. The van der Waals surface area contributed by atoms with Crippen LogP contribution in [-0.4, -0.2) is 20.3 Å². The number of ether oxygens (including phenoxy) is 2. The maximum absolute atomic E-state index is 6.17. The summed E-state index contributed by atoms with van der Waals surface area (Å²) in [5.41, 5.74) is 1.10. The lowest BCUT2D eigenvalue weighted by molar-refractivity contribution is 0.307. The Hall–Kier alpha value is -1.71. The van der Waals surface area contributed by atoms with Crippen molar-refractivity contribution in [3.8, 4) is 11.5 Å². The number of halogens is 1. The molecule has 0 saturated heterocycles. The molecule has 3 nitrogen and oxygen atoms in total. The fraction of sp³-hybridized carbons (Fsp3) is 0.294. The normalized spacial score (nSPS) is 12.0. The Morgan fingerprint density at radius 1 is 1.05 bits per heavy atom. The Morgan fingerprint density at radius 2 is 1.71 bits per heavy atom. The van der Waals surface area contributed by atoms with Crippen molar-refractivity contribution in [3.63, 3.8) is 0 Å². The molecule has 2 rings (SSSR count). The predicted octanol–water partition coefficient (Wildman–Crippen LogP) is 4.08. The zero-order chi connectivity index (χ0) is 15.1. The third-order valence-corrected chi connectivity index (χ3v) is 3.60. The van der Waals surface area contributed by atoms with E-state index in [2.05, 4.69) is 12.2 Å². The van der Waals surface area contributed by atoms with E-state index in [9.17, 15) is 0 Å². The van der Waals surface area contributed by atoms with Gasteiger partial charge in [-0.15, -0.1) is 0 Å². The SMILES string of the molecule is COc1ccc(OCCNC(C)c2ccccc2Cl)cc1. The van der Waals surface area contributed by atoms with Crippen molar-refractivity contribution >= 4 is 11.6 Å². The summed E-state index contributed by atoms with van der Waals surface area (Å²) in [6.07, 6.45) is 0. The topological polar surface area (TPSA) is 30.5 Å². The lowest BCUT2D eigenvalue weighted by Crippen LogP contribution is -2.24. The highest BCUT2D eigenvalue weighted by Crippen LogP contribution is 2.22. The smallest absolute Gasteiger partial charge is 0.119 e. The van der Waals surface area contributed by atoms with Crippen LogP contribution in [0, 0.1) is 0 Å². The van der Waals surface area contributed by atoms with Gasteiger partial charge < -0.3 is 14.8 Å². The number of hydrogen-bond acceptors (Lipinski definition) is 3. The van der Waals surface area contributed by atoms with Gasteiger partial charge in [0.2, 0.25) is 0 Å². The van der Waals surface area contributed by atoms with E-state index >= 15 is 0 Å². The third-order valence-electron chi connectivity index (χ3n) is 3.25. The van der Waals surface area contributed by atoms with Gasteiger partial charge in [-0.3, -0.25) is 0 Å². The fourth-order valence-electron chi connectivity index (χ4n) is 2.05. The highest BCUT2D eigenvalue weighted by atomic mass is 35.5. The molecule has 0 bridgehead atoms. The van der Waals surface area contributed by atoms with Crippen molar-refractivity contribution in [1.82, 2.24) is 5.32 Å². The Labute approximate surface area is 130 Å². The van der Waals surface area contributed by atoms with Crippen LogP contribution in [0.15, 0.2) is 48.5 Å². The predicted molar refractivity (Wildman–Crippen MR) is 86.4 cm³/mol. The Balaban J connectivity index is 1.75. The molecule has 0 aliphatic rings. The minimum atomic E-state index is 0.193. The number of rotatable bonds is 7. The zero-order valence-electron chi connectivity index (χ0n) is 12.3. The summed E-state index contributed by atoms with van der Waals surface area (Å²) in [4.78, 5) is 0. The van der Waals surface area contributed by atoms with Gasteiger partial charge in [-0.1, -0.05) is 29.8 Å². The van der Waals surface area contributed by atoms with E-state index in [1.165, 1.54) is 0 Å². The average Bonchev–Trinajstić information content (AvgIpc) is 2.52. The molecule has 0 aliphatic carbocycles. The first-order valence-corrected chi connectivity index (χ1v) is 7.33. The zero-order valence-corrected chi connectivity index (χ0v) is 13.1. The van der Waals surface area contributed by atoms with E-state index in [0.717, 1.165) is 28.6 Å². The number of nitrogens with one attached hydrogen (secondary N) is 1. The first kappa shape index (κ1) is 15.7. The van der Waals surface area contributed by atoms with Gasteiger partial charge in [0.15, 0.2) is 0 Å². The molecule has 0 amide bonds. The second-order valence-corrected chi connectivity index (χ2v) is 5.13. The van der Waals surface area contributed by atoms with E-state index in [-0.39, 0.29) is 6.04 Å². The molecule has 0 aromatic heterocycles. The summed E-state index contributed by atoms with van der Waals surface area (Å²) < 4.78 is 10.8. The molecule has 1 atom stereocenters. The molecular weight excluding hydrogens is 286 g/mol. The standard InChI is InChI=1S/C17H20ClNO2/c1-13(16-5-3-4-6-17(16)18)19-11-12-21-15-9-7-14(20-2)8-10-15/h3-10,13,19H,11-12H2,1-2H3. The monoisotopic (exact) mass is 305 g/mol. The van der Waals surface area contributed by atoms with Crippen molar-refractivity contribution in [2.24, 2.45) is 0 Å². The second kappa shape index (κ2) is 7.91. The van der Waals surface area contributed by atoms with Crippen molar-refractivity contribution in [2.45, 2.75) is 13.0 Å². The molecule has 112 valence electrons. The van der Waals surface area contributed by atoms with Crippen molar-refractivity contribution in [2.75, 3.05) is 20.3 Å². The number of benzene rings is 2. The first-order valence-electron chi connectivity index (χ1n) is 6.95. The Bertz CT molecular complexity index is 557. The summed E-state index contributed by atoms with van der Waals surface area (Å²) >= 11 is 6.17. The van der Waals surface area contributed by atoms with Gasteiger partial charge in [0.05, 0.1) is 7.11 Å². The van der Waals surface area contributed by atoms with E-state index in [1.807, 2.05) is 48.5 Å². The minimum absolute atomic E-state index is 0.193. The summed E-state index contributed by atoms with van der Waals surface area (Å²) in [5.74, 6) is 1.66. The van der Waals surface area contributed by atoms with Gasteiger partial charge in [-0.05, 0) is 42.8 Å². The van der Waals surface area contributed by atoms with Crippen LogP contribution in [0.4, 0.5) is 0 Å². The summed E-state index contributed by atoms with van der Waals surface area (Å²) in [5, 5.41) is 4.18. The molecule has 0 fully saturated rings. The molecule has 0 radical (unpaired) electrons. The summed E-state index contributed by atoms with van der Waals surface area (Å²) in [6, 6.07) is 15.6. The maximum atomic E-state index is 6.17. The third kappa shape index (κ3) is 4.66. The average molecular weight is 306 g/mol. The molecule has 2 aromatic rings. The highest BCUT2D eigenvalue weighted by molar-refractivity contribution is 6.31. The molecule has 4 heteroatoms. The fourth-order valence-corrected chi connectivity index (χ4v) is 2.35. The van der Waals surface area contributed by atoms with Gasteiger partial charge >= 0.3 is 0 Å². The van der Waals surface area contributed by atoms with Gasteiger partial charge in [-0.2, -0.15) is 0 Å². The van der Waals surface area contributed by atoms with Crippen LogP contribution >= 0.6 is 11.6 Å². The van der Waals surface area contributed by atoms with Gasteiger partial charge in [-0.25, -0.2) is 0 Å². The van der Waals surface area contributed by atoms with Gasteiger partial charge in [0.25, 0.3) is 0 Å². The van der Waals surface area contributed by atoms with E-state index in [4.69, 9.17) is 21.1 Å². The van der Waals surface area contributed by atoms with Crippen LogP contribution in [0.25, 0.3) is 0 Å². The van der Waals surface area contributed by atoms with Crippen LogP contribution in [0.3, 0.4) is 0 Å². The molecular formula is C17H20ClNO2. The summed E-state index contributed by atoms with van der Waals surface area (Å²) in [6.45, 7) is 3.44. The lowest BCUT2D eigenvalue weighted by Gasteiger charge is -2.16. The number of methoxy groups -OCH3 is 1. The Kier molecular flexibility index (Phi) is 5.90. The van der Waals surface area contributed by atoms with Gasteiger partial charge in [0, 0.05) is 17.6 Å². The molecule has 1 N–H and O–H groups in total. The van der Waals surface area contributed by atoms with E-state index in [0.29, 0.717) is 6.61 Å². The van der Waals surface area contributed by atoms with Crippen LogP contribution in [-0.2, 0) is 0 Å². The Morgan fingerprint density at radius 3 is 2.38 bits per heavy atom. The van der Waals surface area contributed by atoms with Crippen LogP contribution < -0.4 is 14.8 Å². The molecule has 0 heterocycles.